The summed E-state index contributed by atoms with van der Waals surface area (Å²) in [7, 11) is 1.70. The molecule has 2 aliphatic heterocycles. The number of carbonyl (C=O) groups is 1. The minimum Gasteiger partial charge on any atom is -0.382 e. The van der Waals surface area contributed by atoms with Crippen molar-refractivity contribution in [2.75, 3.05) is 53.2 Å². The van der Waals surface area contributed by atoms with Gasteiger partial charge in [0.2, 0.25) is 0 Å². The molecule has 10 unspecified atom stereocenters. The van der Waals surface area contributed by atoms with Crippen molar-refractivity contribution >= 4 is 5.78 Å². The van der Waals surface area contributed by atoms with Crippen molar-refractivity contribution in [2.24, 2.45) is 39.9 Å². The molecule has 0 amide bonds. The van der Waals surface area contributed by atoms with Gasteiger partial charge < -0.3 is 18.9 Å². The highest BCUT2D eigenvalue weighted by atomic mass is 16.5. The van der Waals surface area contributed by atoms with Crippen LogP contribution in [0.3, 0.4) is 0 Å². The van der Waals surface area contributed by atoms with Crippen molar-refractivity contribution in [2.45, 2.75) is 117 Å². The Morgan fingerprint density at radius 3 is 2.52 bits per heavy atom. The van der Waals surface area contributed by atoms with Crippen molar-refractivity contribution < 1.29 is 23.7 Å². The van der Waals surface area contributed by atoms with Crippen molar-refractivity contribution in [3.8, 4) is 0 Å². The van der Waals surface area contributed by atoms with Gasteiger partial charge in [-0.2, -0.15) is 0 Å². The lowest BCUT2D eigenvalue weighted by molar-refractivity contribution is -0.137. The van der Waals surface area contributed by atoms with Gasteiger partial charge in [-0.1, -0.05) is 40.2 Å². The molecule has 238 valence electrons. The first-order chi connectivity index (χ1) is 20.3. The fourth-order valence-electron chi connectivity index (χ4n) is 11.6. The zero-order valence-corrected chi connectivity index (χ0v) is 27.6. The highest BCUT2D eigenvalue weighted by molar-refractivity contribution is 5.91. The van der Waals surface area contributed by atoms with Crippen LogP contribution in [0.2, 0.25) is 0 Å². The number of piperidine rings is 1. The molecule has 6 heteroatoms. The minimum absolute atomic E-state index is 0.0484. The van der Waals surface area contributed by atoms with Crippen LogP contribution in [-0.2, 0) is 23.7 Å². The van der Waals surface area contributed by atoms with Crippen LogP contribution in [0.15, 0.2) is 11.6 Å². The van der Waals surface area contributed by atoms with Gasteiger partial charge in [-0.15, -0.1) is 0 Å². The zero-order valence-electron chi connectivity index (χ0n) is 27.6. The summed E-state index contributed by atoms with van der Waals surface area (Å²) in [4.78, 5) is 15.0. The minimum atomic E-state index is 0.0484. The molecule has 10 atom stereocenters. The Bertz CT molecular complexity index is 1030. The molecular formula is C36H59NO5. The maximum Gasteiger partial charge on any atom is 0.155 e. The van der Waals surface area contributed by atoms with Crippen LogP contribution in [0.5, 0.6) is 0 Å². The van der Waals surface area contributed by atoms with E-state index in [4.69, 9.17) is 18.9 Å². The molecule has 6 nitrogen and oxygen atoms in total. The standard InChI is InChI=1S/C34H53NO5.C2H6/c1-23-17-30-29(35(21-23)11-12-38-15-16-39-14-13-37-4)20-34(40-30)10-8-27-26-6-5-24-18-25(36)7-9-31(24,2)28(26)19-33(27)22-32(33,34)3;1-2/h18,23,26-30H,5-17,19-22H2,1-4H3;1-2H3. The fraction of sp³-hybridized carbons (Fsp3) is 0.917. The molecule has 7 rings (SSSR count). The predicted molar refractivity (Wildman–Crippen MR) is 165 cm³/mol. The Labute approximate surface area is 255 Å². The van der Waals surface area contributed by atoms with E-state index in [9.17, 15) is 4.79 Å². The molecule has 0 aromatic heterocycles. The molecule has 5 aliphatic carbocycles. The fourth-order valence-corrected chi connectivity index (χ4v) is 11.6. The van der Waals surface area contributed by atoms with Crippen LogP contribution in [0, 0.1) is 39.9 Å². The highest BCUT2D eigenvalue weighted by Gasteiger charge is 2.83. The van der Waals surface area contributed by atoms with Crippen molar-refractivity contribution in [1.29, 1.82) is 0 Å². The van der Waals surface area contributed by atoms with Gasteiger partial charge in [0.15, 0.2) is 5.78 Å². The number of hydrogen-bond acceptors (Lipinski definition) is 6. The molecule has 4 saturated carbocycles. The highest BCUT2D eigenvalue weighted by Crippen LogP contribution is 2.86. The Balaban J connectivity index is 0.00000155. The molecular weight excluding hydrogens is 526 g/mol. The monoisotopic (exact) mass is 585 g/mol. The number of methoxy groups -OCH3 is 1. The first-order valence-electron chi connectivity index (χ1n) is 17.6. The number of fused-ring (bicyclic) bond motifs is 6. The summed E-state index contributed by atoms with van der Waals surface area (Å²) in [6.45, 7) is 17.0. The van der Waals surface area contributed by atoms with E-state index in [1.54, 1.807) is 7.11 Å². The Morgan fingerprint density at radius 1 is 0.976 bits per heavy atom. The smallest absolute Gasteiger partial charge is 0.155 e. The van der Waals surface area contributed by atoms with Crippen LogP contribution >= 0.6 is 0 Å². The number of carbonyl (C=O) groups excluding carboxylic acids is 1. The van der Waals surface area contributed by atoms with E-state index in [-0.39, 0.29) is 11.0 Å². The van der Waals surface area contributed by atoms with Gasteiger partial charge in [0, 0.05) is 38.1 Å². The van der Waals surface area contributed by atoms with Gasteiger partial charge in [0.25, 0.3) is 0 Å². The third-order valence-corrected chi connectivity index (χ3v) is 13.7. The average molecular weight is 586 g/mol. The second-order valence-corrected chi connectivity index (χ2v) is 15.4. The van der Waals surface area contributed by atoms with E-state index in [2.05, 4.69) is 31.7 Å². The maximum absolute atomic E-state index is 12.3. The second kappa shape index (κ2) is 11.9. The molecule has 0 N–H and O–H groups in total. The van der Waals surface area contributed by atoms with E-state index in [1.165, 1.54) is 50.5 Å². The van der Waals surface area contributed by atoms with Gasteiger partial charge in [-0.3, -0.25) is 9.69 Å². The lowest BCUT2D eigenvalue weighted by atomic mass is 9.56. The van der Waals surface area contributed by atoms with Crippen molar-refractivity contribution in [1.82, 2.24) is 4.90 Å². The van der Waals surface area contributed by atoms with E-state index in [1.807, 2.05) is 13.8 Å². The first kappa shape index (κ1) is 31.2. The molecule has 6 fully saturated rings. The number of hydrogen-bond donors (Lipinski definition) is 0. The second-order valence-electron chi connectivity index (χ2n) is 15.4. The van der Waals surface area contributed by atoms with Crippen LogP contribution < -0.4 is 0 Å². The van der Waals surface area contributed by atoms with Gasteiger partial charge in [-0.05, 0) is 98.4 Å². The number of ketones is 1. The largest absolute Gasteiger partial charge is 0.382 e. The Hall–Kier alpha value is -0.790. The Morgan fingerprint density at radius 2 is 1.74 bits per heavy atom. The summed E-state index contributed by atoms with van der Waals surface area (Å²) in [5, 5.41) is 0. The topological polar surface area (TPSA) is 57.2 Å². The molecule has 0 aromatic rings. The average Bonchev–Trinajstić information content (AvgIpc) is 3.26. The normalized spacial score (nSPS) is 47.0. The molecule has 0 radical (unpaired) electrons. The van der Waals surface area contributed by atoms with E-state index in [0.29, 0.717) is 61.1 Å². The van der Waals surface area contributed by atoms with Crippen LogP contribution in [0.25, 0.3) is 0 Å². The Kier molecular flexibility index (Phi) is 8.81. The molecule has 0 bridgehead atoms. The van der Waals surface area contributed by atoms with Gasteiger partial charge in [0.05, 0.1) is 44.7 Å². The van der Waals surface area contributed by atoms with Crippen LogP contribution in [-0.4, -0.2) is 81.7 Å². The molecule has 2 saturated heterocycles. The third-order valence-electron chi connectivity index (χ3n) is 13.7. The molecule has 7 aliphatic rings. The summed E-state index contributed by atoms with van der Waals surface area (Å²) < 4.78 is 24.0. The summed E-state index contributed by atoms with van der Waals surface area (Å²) in [5.41, 5.74) is 2.58. The van der Waals surface area contributed by atoms with Crippen LogP contribution in [0.1, 0.15) is 98.8 Å². The van der Waals surface area contributed by atoms with E-state index < -0.39 is 0 Å². The number of nitrogens with zero attached hydrogens (tertiary/aromatic N) is 1. The van der Waals surface area contributed by atoms with Gasteiger partial charge in [-0.25, -0.2) is 0 Å². The summed E-state index contributed by atoms with van der Waals surface area (Å²) in [6.07, 6.45) is 14.5. The van der Waals surface area contributed by atoms with Gasteiger partial charge in [0.1, 0.15) is 0 Å². The number of ether oxygens (including phenoxy) is 4. The van der Waals surface area contributed by atoms with Crippen LogP contribution in [0.4, 0.5) is 0 Å². The summed E-state index contributed by atoms with van der Waals surface area (Å²) in [6, 6.07) is 0.531. The number of allylic oxidation sites excluding steroid dienone is 2. The quantitative estimate of drug-likeness (QED) is 0.290. The molecule has 2 spiro atoms. The first-order valence-corrected chi connectivity index (χ1v) is 17.6. The third kappa shape index (κ3) is 4.80. The molecule has 0 aromatic carbocycles. The number of likely N-dealkylation sites (tertiary alicyclic amines) is 1. The van der Waals surface area contributed by atoms with Crippen molar-refractivity contribution in [3.05, 3.63) is 11.6 Å². The summed E-state index contributed by atoms with van der Waals surface area (Å²) >= 11 is 0. The SMILES string of the molecule is CC.COCCOCCOCCN1CC(C)CC2OC3(CCC4C5CCC6=CC(=O)CCC6(C)C5CC45CC35C)CC21. The zero-order chi connectivity index (χ0) is 29.8. The van der Waals surface area contributed by atoms with Gasteiger partial charge >= 0.3 is 0 Å². The van der Waals surface area contributed by atoms with E-state index >= 15 is 0 Å². The lowest BCUT2D eigenvalue weighted by Gasteiger charge is -2.49. The molecule has 42 heavy (non-hydrogen) atoms. The van der Waals surface area contributed by atoms with Crippen molar-refractivity contribution in [3.63, 3.8) is 0 Å². The number of rotatable bonds is 9. The van der Waals surface area contributed by atoms with E-state index in [0.717, 1.165) is 56.7 Å². The predicted octanol–water partition coefficient (Wildman–Crippen LogP) is 6.46. The lowest BCUT2D eigenvalue weighted by Crippen LogP contribution is -2.50. The maximum atomic E-state index is 12.3. The summed E-state index contributed by atoms with van der Waals surface area (Å²) in [5.74, 6) is 3.52. The molecule has 2 heterocycles.